The molecule has 0 bridgehead atoms. The first-order valence-corrected chi connectivity index (χ1v) is 15.2. The van der Waals surface area contributed by atoms with Gasteiger partial charge in [-0.15, -0.1) is 0 Å². The average molecular weight is 579 g/mol. The molecular weight excluding hydrogens is 522 g/mol. The molecule has 0 rings (SSSR count). The van der Waals surface area contributed by atoms with Crippen LogP contribution in [0.1, 0.15) is 90.9 Å². The van der Waals surface area contributed by atoms with Gasteiger partial charge in [0.15, 0.2) is 12.1 Å². The SMILES string of the molecule is CC/C=C\C/C=C\C/C=C\C/C=C\CCCCCCC(=O)OC(COCCC(C(=O)O)[N+](C)(C)C)COC(=O)CC. The summed E-state index contributed by atoms with van der Waals surface area (Å²) in [6.45, 7) is 3.99. The van der Waals surface area contributed by atoms with Crippen molar-refractivity contribution in [3.63, 3.8) is 0 Å². The van der Waals surface area contributed by atoms with Crippen molar-refractivity contribution in [1.82, 2.24) is 0 Å². The molecule has 0 aliphatic rings. The fourth-order valence-electron chi connectivity index (χ4n) is 3.88. The Labute approximate surface area is 248 Å². The Kier molecular flexibility index (Phi) is 23.4. The van der Waals surface area contributed by atoms with Gasteiger partial charge in [-0.05, 0) is 44.9 Å². The van der Waals surface area contributed by atoms with E-state index < -0.39 is 18.1 Å². The maximum Gasteiger partial charge on any atom is 0.362 e. The number of carboxylic acids is 1. The van der Waals surface area contributed by atoms with Crippen LogP contribution >= 0.6 is 0 Å². The highest BCUT2D eigenvalue weighted by Gasteiger charge is 2.31. The molecule has 0 fully saturated rings. The Morgan fingerprint density at radius 2 is 1.34 bits per heavy atom. The molecule has 0 amide bonds. The van der Waals surface area contributed by atoms with E-state index in [0.717, 1.165) is 57.8 Å². The van der Waals surface area contributed by atoms with Gasteiger partial charge in [0.2, 0.25) is 0 Å². The lowest BCUT2D eigenvalue weighted by atomic mass is 10.1. The van der Waals surface area contributed by atoms with Gasteiger partial charge in [-0.25, -0.2) is 4.79 Å². The van der Waals surface area contributed by atoms with Crippen LogP contribution in [-0.2, 0) is 28.6 Å². The second-order valence-corrected chi connectivity index (χ2v) is 10.9. The van der Waals surface area contributed by atoms with Crippen LogP contribution in [0.25, 0.3) is 0 Å². The summed E-state index contributed by atoms with van der Waals surface area (Å²) < 4.78 is 16.6. The lowest BCUT2D eigenvalue weighted by molar-refractivity contribution is -0.887. The number of aliphatic carboxylic acids is 1. The van der Waals surface area contributed by atoms with E-state index >= 15 is 0 Å². The molecule has 2 unspecified atom stereocenters. The van der Waals surface area contributed by atoms with E-state index in [4.69, 9.17) is 14.2 Å². The fraction of sp³-hybridized carbons (Fsp3) is 0.667. The van der Waals surface area contributed by atoms with Crippen molar-refractivity contribution in [3.05, 3.63) is 48.6 Å². The predicted molar refractivity (Wildman–Crippen MR) is 164 cm³/mol. The number of rotatable bonds is 25. The van der Waals surface area contributed by atoms with E-state index in [1.807, 2.05) is 21.1 Å². The van der Waals surface area contributed by atoms with Crippen molar-refractivity contribution in [2.75, 3.05) is 41.0 Å². The lowest BCUT2D eigenvalue weighted by Crippen LogP contribution is -2.50. The van der Waals surface area contributed by atoms with Crippen LogP contribution in [0.5, 0.6) is 0 Å². The molecule has 0 saturated carbocycles. The number of hydrogen-bond donors (Lipinski definition) is 1. The van der Waals surface area contributed by atoms with Crippen molar-refractivity contribution in [2.45, 2.75) is 103 Å². The lowest BCUT2D eigenvalue weighted by Gasteiger charge is -2.31. The number of quaternary nitrogens is 1. The number of nitrogens with zero attached hydrogens (tertiary/aromatic N) is 1. The molecule has 0 aliphatic carbocycles. The first kappa shape index (κ1) is 38.3. The van der Waals surface area contributed by atoms with Crippen LogP contribution in [0, 0.1) is 0 Å². The number of hydrogen-bond acceptors (Lipinski definition) is 6. The number of ether oxygens (including phenoxy) is 3. The topological polar surface area (TPSA) is 99.1 Å². The smallest absolute Gasteiger partial charge is 0.362 e. The summed E-state index contributed by atoms with van der Waals surface area (Å²) >= 11 is 0. The summed E-state index contributed by atoms with van der Waals surface area (Å²) in [4.78, 5) is 35.5. The van der Waals surface area contributed by atoms with Crippen molar-refractivity contribution >= 4 is 17.9 Å². The highest BCUT2D eigenvalue weighted by Crippen LogP contribution is 2.11. The summed E-state index contributed by atoms with van der Waals surface area (Å²) in [5.41, 5.74) is 0. The molecule has 41 heavy (non-hydrogen) atoms. The van der Waals surface area contributed by atoms with E-state index in [2.05, 4.69) is 55.5 Å². The standard InChI is InChI=1S/C33H55NO7/c1-6-8-9-10-11-12-13-14-15-16-17-18-19-20-21-22-23-24-32(36)41-29(28-40-31(35)7-2)27-39-26-25-30(33(37)38)34(3,4)5/h8-9,11-12,14-15,17-18,29-30H,6-7,10,13,16,19-28H2,1-5H3/p+1/b9-8-,12-11-,15-14-,18-17-. The minimum absolute atomic E-state index is 0.0427. The number of carbonyl (C=O) groups excluding carboxylic acids is 2. The van der Waals surface area contributed by atoms with Crippen LogP contribution in [0.2, 0.25) is 0 Å². The van der Waals surface area contributed by atoms with E-state index in [1.54, 1.807) is 6.92 Å². The van der Waals surface area contributed by atoms with Gasteiger partial charge in [0.25, 0.3) is 0 Å². The maximum atomic E-state index is 12.4. The normalized spacial score (nSPS) is 13.9. The maximum absolute atomic E-state index is 12.4. The molecule has 0 saturated heterocycles. The first-order valence-electron chi connectivity index (χ1n) is 15.2. The second-order valence-electron chi connectivity index (χ2n) is 10.9. The molecule has 0 aromatic carbocycles. The summed E-state index contributed by atoms with van der Waals surface area (Å²) in [6.07, 6.45) is 26.5. The molecule has 0 radical (unpaired) electrons. The second kappa shape index (κ2) is 25.0. The van der Waals surface area contributed by atoms with Crippen LogP contribution in [0.4, 0.5) is 0 Å². The molecule has 0 heterocycles. The number of likely N-dealkylation sites (N-methyl/N-ethyl adjacent to an activating group) is 1. The third-order valence-corrected chi connectivity index (χ3v) is 6.30. The van der Waals surface area contributed by atoms with Gasteiger partial charge in [0.05, 0.1) is 34.4 Å². The van der Waals surface area contributed by atoms with E-state index in [9.17, 15) is 19.5 Å². The third kappa shape index (κ3) is 23.7. The van der Waals surface area contributed by atoms with Crippen LogP contribution in [0.3, 0.4) is 0 Å². The third-order valence-electron chi connectivity index (χ3n) is 6.30. The minimum Gasteiger partial charge on any atom is -0.477 e. The number of esters is 2. The zero-order chi connectivity index (χ0) is 30.8. The number of allylic oxidation sites excluding steroid dienone is 8. The van der Waals surface area contributed by atoms with Gasteiger partial charge < -0.3 is 23.8 Å². The quantitative estimate of drug-likeness (QED) is 0.0567. The zero-order valence-electron chi connectivity index (χ0n) is 26.2. The Bertz CT molecular complexity index is 824. The minimum atomic E-state index is -0.889. The van der Waals surface area contributed by atoms with E-state index in [-0.39, 0.29) is 42.7 Å². The zero-order valence-corrected chi connectivity index (χ0v) is 26.2. The first-order chi connectivity index (χ1) is 19.6. The Hall–Kier alpha value is -2.71. The average Bonchev–Trinajstić information content (AvgIpc) is 2.91. The van der Waals surface area contributed by atoms with E-state index in [0.29, 0.717) is 12.8 Å². The number of carbonyl (C=O) groups is 3. The van der Waals surface area contributed by atoms with Crippen molar-refractivity contribution in [2.24, 2.45) is 0 Å². The molecule has 0 aromatic rings. The molecule has 0 aromatic heterocycles. The highest BCUT2D eigenvalue weighted by molar-refractivity contribution is 5.72. The van der Waals surface area contributed by atoms with Gasteiger partial charge in [0.1, 0.15) is 6.61 Å². The Morgan fingerprint density at radius 3 is 1.90 bits per heavy atom. The number of unbranched alkanes of at least 4 members (excludes halogenated alkanes) is 4. The number of carboxylic acid groups (broad SMARTS) is 1. The molecule has 0 aliphatic heterocycles. The van der Waals surface area contributed by atoms with Crippen LogP contribution in [-0.4, -0.2) is 80.6 Å². The molecule has 234 valence electrons. The van der Waals surface area contributed by atoms with Gasteiger partial charge >= 0.3 is 17.9 Å². The molecule has 8 nitrogen and oxygen atoms in total. The van der Waals surface area contributed by atoms with Crippen molar-refractivity contribution in [1.29, 1.82) is 0 Å². The Morgan fingerprint density at radius 1 is 0.756 bits per heavy atom. The van der Waals surface area contributed by atoms with Crippen molar-refractivity contribution in [3.8, 4) is 0 Å². The summed E-state index contributed by atoms with van der Waals surface area (Å²) in [5.74, 6) is -1.62. The van der Waals surface area contributed by atoms with Crippen LogP contribution < -0.4 is 0 Å². The molecule has 0 spiro atoms. The molecule has 2 atom stereocenters. The van der Waals surface area contributed by atoms with Gasteiger partial charge in [0, 0.05) is 19.3 Å². The predicted octanol–water partition coefficient (Wildman–Crippen LogP) is 6.56. The summed E-state index contributed by atoms with van der Waals surface area (Å²) in [7, 11) is 5.45. The summed E-state index contributed by atoms with van der Waals surface area (Å²) in [6, 6.07) is -0.614. The van der Waals surface area contributed by atoms with Gasteiger partial charge in [-0.2, -0.15) is 0 Å². The van der Waals surface area contributed by atoms with Crippen molar-refractivity contribution < 1.29 is 38.2 Å². The van der Waals surface area contributed by atoms with Gasteiger partial charge in [-0.3, -0.25) is 9.59 Å². The van der Waals surface area contributed by atoms with Crippen LogP contribution in [0.15, 0.2) is 48.6 Å². The molecule has 8 heteroatoms. The van der Waals surface area contributed by atoms with E-state index in [1.165, 1.54) is 0 Å². The molecular formula is C33H56NO7+. The largest absolute Gasteiger partial charge is 0.477 e. The highest BCUT2D eigenvalue weighted by atomic mass is 16.6. The Balaban J connectivity index is 4.18. The summed E-state index contributed by atoms with van der Waals surface area (Å²) in [5, 5.41) is 9.44. The fourth-order valence-corrected chi connectivity index (χ4v) is 3.88. The monoisotopic (exact) mass is 578 g/mol. The molecule has 1 N–H and O–H groups in total. The van der Waals surface area contributed by atoms with Gasteiger partial charge in [-0.1, -0.05) is 75.3 Å².